The number of carbonyl (C=O) groups excluding carboxylic acids is 1. The van der Waals surface area contributed by atoms with Gasteiger partial charge in [-0.05, 0) is 14.0 Å². The number of nitrogens with two attached hydrogens (primary N) is 1. The Kier molecular flexibility index (Phi) is 5.01. The van der Waals surface area contributed by atoms with E-state index in [-0.39, 0.29) is 11.6 Å². The van der Waals surface area contributed by atoms with Crippen molar-refractivity contribution < 1.29 is 4.79 Å². The van der Waals surface area contributed by atoms with Gasteiger partial charge in [0.25, 0.3) is 5.91 Å². The normalized spacial score (nSPS) is 16.4. The smallest absolute Gasteiger partial charge is 0.263 e. The Morgan fingerprint density at radius 3 is 2.67 bits per heavy atom. The largest absolute Gasteiger partial charge is 0.396 e. The molecule has 1 aliphatic rings. The monoisotopic (exact) mass is 308 g/mol. The minimum atomic E-state index is -0.233. The van der Waals surface area contributed by atoms with E-state index in [1.165, 1.54) is 11.3 Å². The lowest BCUT2D eigenvalue weighted by Gasteiger charge is -2.32. The van der Waals surface area contributed by atoms with Crippen molar-refractivity contribution in [3.05, 3.63) is 10.4 Å². The SMILES string of the molecule is CCNC(=O)c1sc(NN2CCN(C)CC2)c(C#N)c1N. The number of carbonyl (C=O) groups is 1. The molecule has 4 N–H and O–H groups in total. The number of nitriles is 1. The van der Waals surface area contributed by atoms with Crippen LogP contribution in [0.3, 0.4) is 0 Å². The van der Waals surface area contributed by atoms with E-state index in [1.54, 1.807) is 0 Å². The maximum absolute atomic E-state index is 11.9. The lowest BCUT2D eigenvalue weighted by Crippen LogP contribution is -2.46. The van der Waals surface area contributed by atoms with Crippen LogP contribution in [0.5, 0.6) is 0 Å². The zero-order valence-corrected chi connectivity index (χ0v) is 13.1. The summed E-state index contributed by atoms with van der Waals surface area (Å²) in [6.45, 7) is 6.00. The van der Waals surface area contributed by atoms with Crippen molar-refractivity contribution >= 4 is 27.9 Å². The van der Waals surface area contributed by atoms with Crippen molar-refractivity contribution in [1.29, 1.82) is 5.26 Å². The number of thiophene rings is 1. The number of likely N-dealkylation sites (N-methyl/N-ethyl adjacent to an activating group) is 1. The molecule has 2 rings (SSSR count). The average molecular weight is 308 g/mol. The van der Waals surface area contributed by atoms with Gasteiger partial charge in [0.2, 0.25) is 0 Å². The summed E-state index contributed by atoms with van der Waals surface area (Å²) in [4.78, 5) is 14.6. The summed E-state index contributed by atoms with van der Waals surface area (Å²) < 4.78 is 0. The van der Waals surface area contributed by atoms with Gasteiger partial charge in [-0.25, -0.2) is 5.01 Å². The van der Waals surface area contributed by atoms with Crippen LogP contribution < -0.4 is 16.5 Å². The van der Waals surface area contributed by atoms with Crippen LogP contribution in [0.2, 0.25) is 0 Å². The van der Waals surface area contributed by atoms with E-state index in [4.69, 9.17) is 5.73 Å². The van der Waals surface area contributed by atoms with E-state index in [2.05, 4.69) is 28.8 Å². The van der Waals surface area contributed by atoms with Gasteiger partial charge in [0, 0.05) is 32.7 Å². The number of piperazine rings is 1. The molecule has 1 aliphatic heterocycles. The first-order chi connectivity index (χ1) is 10.1. The highest BCUT2D eigenvalue weighted by Crippen LogP contribution is 2.35. The molecule has 8 heteroatoms. The van der Waals surface area contributed by atoms with Gasteiger partial charge >= 0.3 is 0 Å². The van der Waals surface area contributed by atoms with E-state index >= 15 is 0 Å². The number of hydrogen-bond acceptors (Lipinski definition) is 7. The third-order valence-electron chi connectivity index (χ3n) is 3.36. The predicted molar refractivity (Wildman–Crippen MR) is 84.1 cm³/mol. The molecule has 21 heavy (non-hydrogen) atoms. The number of nitrogens with one attached hydrogen (secondary N) is 2. The Balaban J connectivity index is 2.17. The third-order valence-corrected chi connectivity index (χ3v) is 4.47. The van der Waals surface area contributed by atoms with Gasteiger partial charge in [0.05, 0.1) is 5.69 Å². The Morgan fingerprint density at radius 1 is 1.43 bits per heavy atom. The summed E-state index contributed by atoms with van der Waals surface area (Å²) >= 11 is 1.23. The van der Waals surface area contributed by atoms with Crippen molar-refractivity contribution in [2.45, 2.75) is 6.92 Å². The number of anilines is 2. The molecule has 0 aliphatic carbocycles. The number of hydrogen-bond donors (Lipinski definition) is 3. The van der Waals surface area contributed by atoms with Crippen LogP contribution in [-0.4, -0.2) is 55.6 Å². The number of nitrogen functional groups attached to an aromatic ring is 1. The second kappa shape index (κ2) is 6.76. The quantitative estimate of drug-likeness (QED) is 0.750. The zero-order valence-electron chi connectivity index (χ0n) is 12.3. The van der Waals surface area contributed by atoms with Crippen molar-refractivity contribution in [3.63, 3.8) is 0 Å². The van der Waals surface area contributed by atoms with Crippen LogP contribution >= 0.6 is 11.3 Å². The van der Waals surface area contributed by atoms with Crippen LogP contribution in [0, 0.1) is 11.3 Å². The summed E-state index contributed by atoms with van der Waals surface area (Å²) in [5.41, 5.74) is 9.76. The minimum Gasteiger partial charge on any atom is -0.396 e. The number of hydrazine groups is 1. The maximum atomic E-state index is 11.9. The number of rotatable bonds is 4. The first kappa shape index (κ1) is 15.6. The fourth-order valence-corrected chi connectivity index (χ4v) is 3.12. The lowest BCUT2D eigenvalue weighted by molar-refractivity contribution is 0.0960. The summed E-state index contributed by atoms with van der Waals surface area (Å²) in [5, 5.41) is 14.7. The molecule has 0 radical (unpaired) electrons. The molecule has 114 valence electrons. The summed E-state index contributed by atoms with van der Waals surface area (Å²) in [5.74, 6) is -0.233. The third kappa shape index (κ3) is 3.44. The molecule has 0 spiro atoms. The molecule has 2 heterocycles. The van der Waals surface area contributed by atoms with Gasteiger partial charge in [-0.3, -0.25) is 4.79 Å². The van der Waals surface area contributed by atoms with Gasteiger partial charge in [0.15, 0.2) is 0 Å². The second-order valence-electron chi connectivity index (χ2n) is 4.92. The molecule has 1 aromatic heterocycles. The number of nitrogens with zero attached hydrogens (tertiary/aromatic N) is 3. The fourth-order valence-electron chi connectivity index (χ4n) is 2.10. The van der Waals surface area contributed by atoms with E-state index in [0.717, 1.165) is 26.2 Å². The molecule has 0 unspecified atom stereocenters. The standard InChI is InChI=1S/C13H20N6OS/c1-3-16-12(20)11-10(15)9(8-14)13(21-11)17-19-6-4-18(2)5-7-19/h17H,3-7,15H2,1-2H3,(H,16,20). The van der Waals surface area contributed by atoms with Crippen molar-refractivity contribution in [2.75, 3.05) is 50.9 Å². The fraction of sp³-hybridized carbons (Fsp3) is 0.538. The van der Waals surface area contributed by atoms with E-state index in [1.807, 2.05) is 11.9 Å². The second-order valence-corrected chi connectivity index (χ2v) is 5.94. The van der Waals surface area contributed by atoms with E-state index < -0.39 is 0 Å². The zero-order chi connectivity index (χ0) is 15.4. The van der Waals surface area contributed by atoms with Gasteiger partial charge in [-0.1, -0.05) is 0 Å². The highest BCUT2D eigenvalue weighted by Gasteiger charge is 2.23. The molecule has 0 bridgehead atoms. The molecule has 1 amide bonds. The van der Waals surface area contributed by atoms with Gasteiger partial charge in [0.1, 0.15) is 21.5 Å². The molecule has 0 atom stereocenters. The van der Waals surface area contributed by atoms with E-state index in [0.29, 0.717) is 22.0 Å². The minimum absolute atomic E-state index is 0.233. The lowest BCUT2D eigenvalue weighted by atomic mass is 10.2. The van der Waals surface area contributed by atoms with E-state index in [9.17, 15) is 10.1 Å². The van der Waals surface area contributed by atoms with Crippen molar-refractivity contribution in [1.82, 2.24) is 15.2 Å². The van der Waals surface area contributed by atoms with Crippen molar-refractivity contribution in [2.24, 2.45) is 0 Å². The average Bonchev–Trinajstić information content (AvgIpc) is 2.78. The topological polar surface area (TPSA) is 97.4 Å². The van der Waals surface area contributed by atoms with Crippen LogP contribution in [0.25, 0.3) is 0 Å². The Labute approximate surface area is 128 Å². The predicted octanol–water partition coefficient (Wildman–Crippen LogP) is 0.526. The molecule has 1 saturated heterocycles. The van der Waals surface area contributed by atoms with Crippen LogP contribution in [0.1, 0.15) is 22.2 Å². The van der Waals surface area contributed by atoms with Gasteiger partial charge < -0.3 is 21.4 Å². The molecule has 0 saturated carbocycles. The van der Waals surface area contributed by atoms with Gasteiger partial charge in [-0.15, -0.1) is 11.3 Å². The summed E-state index contributed by atoms with van der Waals surface area (Å²) in [6.07, 6.45) is 0. The number of amides is 1. The van der Waals surface area contributed by atoms with Gasteiger partial charge in [-0.2, -0.15) is 5.26 Å². The highest BCUT2D eigenvalue weighted by molar-refractivity contribution is 7.18. The molecule has 1 aromatic rings. The van der Waals surface area contributed by atoms with Crippen LogP contribution in [-0.2, 0) is 0 Å². The van der Waals surface area contributed by atoms with Crippen molar-refractivity contribution in [3.8, 4) is 6.07 Å². The Bertz CT molecular complexity index is 556. The first-order valence-electron chi connectivity index (χ1n) is 6.87. The molecular formula is C13H20N6OS. The molecule has 0 aromatic carbocycles. The first-order valence-corrected chi connectivity index (χ1v) is 7.69. The Hall–Kier alpha value is -1.82. The molecule has 1 fully saturated rings. The highest BCUT2D eigenvalue weighted by atomic mass is 32.1. The molecular weight excluding hydrogens is 288 g/mol. The summed E-state index contributed by atoms with van der Waals surface area (Å²) in [6, 6.07) is 2.09. The maximum Gasteiger partial charge on any atom is 0.263 e. The summed E-state index contributed by atoms with van der Waals surface area (Å²) in [7, 11) is 2.08. The van der Waals surface area contributed by atoms with Crippen LogP contribution in [0.15, 0.2) is 0 Å². The molecule has 7 nitrogen and oxygen atoms in total. The van der Waals surface area contributed by atoms with Crippen LogP contribution in [0.4, 0.5) is 10.7 Å². The Morgan fingerprint density at radius 2 is 2.10 bits per heavy atom.